The van der Waals surface area contributed by atoms with Gasteiger partial charge in [-0.25, -0.2) is 4.79 Å². The molecule has 1 fully saturated rings. The summed E-state index contributed by atoms with van der Waals surface area (Å²) in [7, 11) is 0. The summed E-state index contributed by atoms with van der Waals surface area (Å²) >= 11 is 6.10. The van der Waals surface area contributed by atoms with Crippen LogP contribution in [0.3, 0.4) is 0 Å². The van der Waals surface area contributed by atoms with Gasteiger partial charge in [0.2, 0.25) is 0 Å². The third kappa shape index (κ3) is 5.29. The van der Waals surface area contributed by atoms with Crippen LogP contribution in [0.4, 0.5) is 4.79 Å². The molecular formula is C17H25ClN2O3. The van der Waals surface area contributed by atoms with Crippen molar-refractivity contribution in [2.45, 2.75) is 32.3 Å². The van der Waals surface area contributed by atoms with Gasteiger partial charge in [-0.05, 0) is 37.3 Å². The summed E-state index contributed by atoms with van der Waals surface area (Å²) in [6.45, 7) is 3.93. The molecule has 2 rings (SSSR count). The Kier molecular flexibility index (Phi) is 6.99. The van der Waals surface area contributed by atoms with Crippen LogP contribution in [0.25, 0.3) is 0 Å². The number of carbonyl (C=O) groups excluding carboxylic acids is 1. The van der Waals surface area contributed by atoms with E-state index in [4.69, 9.17) is 16.3 Å². The second kappa shape index (κ2) is 8.99. The van der Waals surface area contributed by atoms with Crippen molar-refractivity contribution in [2.75, 3.05) is 26.2 Å². The lowest BCUT2D eigenvalue weighted by atomic mass is 9.99. The highest BCUT2D eigenvalue weighted by Crippen LogP contribution is 2.24. The quantitative estimate of drug-likeness (QED) is 0.837. The van der Waals surface area contributed by atoms with Gasteiger partial charge in [0.25, 0.3) is 0 Å². The summed E-state index contributed by atoms with van der Waals surface area (Å²) < 4.78 is 5.87. The lowest BCUT2D eigenvalue weighted by Crippen LogP contribution is -2.48. The monoisotopic (exact) mass is 340 g/mol. The second-order valence-electron chi connectivity index (χ2n) is 5.90. The summed E-state index contributed by atoms with van der Waals surface area (Å²) in [4.78, 5) is 14.0. The number of benzene rings is 1. The molecule has 2 unspecified atom stereocenters. The first-order chi connectivity index (χ1) is 11.1. The largest absolute Gasteiger partial charge is 0.487 e. The van der Waals surface area contributed by atoms with Crippen LogP contribution in [0, 0.1) is 5.92 Å². The van der Waals surface area contributed by atoms with Crippen LogP contribution in [-0.2, 0) is 0 Å². The molecule has 0 saturated carbocycles. The zero-order valence-corrected chi connectivity index (χ0v) is 14.3. The molecule has 6 heteroatoms. The maximum absolute atomic E-state index is 12.3. The molecule has 0 aromatic heterocycles. The topological polar surface area (TPSA) is 61.8 Å². The summed E-state index contributed by atoms with van der Waals surface area (Å²) in [5.74, 6) is 0.824. The molecule has 1 aliphatic heterocycles. The van der Waals surface area contributed by atoms with E-state index in [1.54, 1.807) is 11.0 Å². The van der Waals surface area contributed by atoms with E-state index in [9.17, 15) is 9.90 Å². The summed E-state index contributed by atoms with van der Waals surface area (Å²) in [5.41, 5.74) is 0. The number of rotatable bonds is 6. The van der Waals surface area contributed by atoms with Gasteiger partial charge in [-0.1, -0.05) is 30.7 Å². The van der Waals surface area contributed by atoms with Gasteiger partial charge in [-0.15, -0.1) is 0 Å². The van der Waals surface area contributed by atoms with Crippen molar-refractivity contribution in [3.05, 3.63) is 29.3 Å². The highest BCUT2D eigenvalue weighted by molar-refractivity contribution is 6.32. The fourth-order valence-electron chi connectivity index (χ4n) is 2.70. The molecule has 128 valence electrons. The SMILES string of the molecule is CCC(CNC(=O)N1CCCC(CO)C1)Oc1ccccc1Cl. The number of aliphatic hydroxyl groups excluding tert-OH is 1. The molecule has 0 bridgehead atoms. The zero-order chi connectivity index (χ0) is 16.7. The maximum Gasteiger partial charge on any atom is 0.317 e. The first kappa shape index (κ1) is 17.9. The van der Waals surface area contributed by atoms with E-state index in [1.165, 1.54) is 0 Å². The van der Waals surface area contributed by atoms with Crippen molar-refractivity contribution in [1.29, 1.82) is 0 Å². The number of ether oxygens (including phenoxy) is 1. The number of amides is 2. The van der Waals surface area contributed by atoms with E-state index >= 15 is 0 Å². The predicted octanol–water partition coefficient (Wildman–Crippen LogP) is 2.91. The average Bonchev–Trinajstić information content (AvgIpc) is 2.59. The second-order valence-corrected chi connectivity index (χ2v) is 6.31. The Balaban J connectivity index is 1.83. The van der Waals surface area contributed by atoms with Crippen molar-refractivity contribution < 1.29 is 14.6 Å². The van der Waals surface area contributed by atoms with E-state index in [2.05, 4.69) is 5.32 Å². The van der Waals surface area contributed by atoms with E-state index in [0.29, 0.717) is 23.9 Å². The minimum absolute atomic E-state index is 0.0932. The predicted molar refractivity (Wildman–Crippen MR) is 90.9 cm³/mol. The van der Waals surface area contributed by atoms with Crippen LogP contribution in [0.1, 0.15) is 26.2 Å². The van der Waals surface area contributed by atoms with Crippen molar-refractivity contribution >= 4 is 17.6 Å². The Morgan fingerprint density at radius 3 is 3.00 bits per heavy atom. The zero-order valence-electron chi connectivity index (χ0n) is 13.5. The molecule has 0 radical (unpaired) electrons. The van der Waals surface area contributed by atoms with Gasteiger partial charge in [0.05, 0.1) is 11.6 Å². The number of piperidine rings is 1. The normalized spacial score (nSPS) is 19.3. The van der Waals surface area contributed by atoms with Gasteiger partial charge >= 0.3 is 6.03 Å². The summed E-state index contributed by atoms with van der Waals surface area (Å²) in [6, 6.07) is 7.24. The smallest absolute Gasteiger partial charge is 0.317 e. The first-order valence-corrected chi connectivity index (χ1v) is 8.56. The first-order valence-electron chi connectivity index (χ1n) is 8.18. The Labute approximate surface area is 142 Å². The minimum atomic E-state index is -0.128. The van der Waals surface area contributed by atoms with Gasteiger partial charge in [0.15, 0.2) is 0 Å². The van der Waals surface area contributed by atoms with Crippen LogP contribution in [0.2, 0.25) is 5.02 Å². The number of nitrogens with zero attached hydrogens (tertiary/aromatic N) is 1. The van der Waals surface area contributed by atoms with E-state index in [0.717, 1.165) is 25.8 Å². The Hall–Kier alpha value is -1.46. The van der Waals surface area contributed by atoms with Crippen molar-refractivity contribution in [1.82, 2.24) is 10.2 Å². The standard InChI is InChI=1S/C17H25ClN2O3/c1-2-14(23-16-8-4-3-7-15(16)18)10-19-17(22)20-9-5-6-13(11-20)12-21/h3-4,7-8,13-14,21H,2,5-6,9-12H2,1H3,(H,19,22). The molecule has 23 heavy (non-hydrogen) atoms. The molecule has 1 aromatic rings. The van der Waals surface area contributed by atoms with Crippen LogP contribution >= 0.6 is 11.6 Å². The molecule has 1 saturated heterocycles. The molecule has 2 atom stereocenters. The van der Waals surface area contributed by atoms with Crippen molar-refractivity contribution in [3.63, 3.8) is 0 Å². The van der Waals surface area contributed by atoms with Crippen LogP contribution in [0.5, 0.6) is 5.75 Å². The molecule has 5 nitrogen and oxygen atoms in total. The third-order valence-electron chi connectivity index (χ3n) is 4.13. The molecule has 1 aromatic carbocycles. The van der Waals surface area contributed by atoms with Crippen LogP contribution in [0.15, 0.2) is 24.3 Å². The molecule has 1 aliphatic rings. The average molecular weight is 341 g/mol. The number of aliphatic hydroxyl groups is 1. The van der Waals surface area contributed by atoms with Crippen molar-refractivity contribution in [2.24, 2.45) is 5.92 Å². The highest BCUT2D eigenvalue weighted by atomic mass is 35.5. The third-order valence-corrected chi connectivity index (χ3v) is 4.44. The molecule has 2 amide bonds. The molecule has 1 heterocycles. The minimum Gasteiger partial charge on any atom is -0.487 e. The van der Waals surface area contributed by atoms with Crippen LogP contribution < -0.4 is 10.1 Å². The molecule has 2 N–H and O–H groups in total. The number of para-hydroxylation sites is 1. The lowest BCUT2D eigenvalue weighted by molar-refractivity contribution is 0.125. The fraction of sp³-hybridized carbons (Fsp3) is 0.588. The van der Waals surface area contributed by atoms with Gasteiger partial charge in [-0.3, -0.25) is 0 Å². The summed E-state index contributed by atoms with van der Waals surface area (Å²) in [6.07, 6.45) is 2.56. The van der Waals surface area contributed by atoms with E-state index < -0.39 is 0 Å². The van der Waals surface area contributed by atoms with Gasteiger partial charge in [0.1, 0.15) is 11.9 Å². The lowest BCUT2D eigenvalue weighted by Gasteiger charge is -2.32. The van der Waals surface area contributed by atoms with Gasteiger partial charge in [0, 0.05) is 19.7 Å². The Morgan fingerprint density at radius 2 is 2.30 bits per heavy atom. The number of carbonyl (C=O) groups is 1. The van der Waals surface area contributed by atoms with Crippen molar-refractivity contribution in [3.8, 4) is 5.75 Å². The van der Waals surface area contributed by atoms with Gasteiger partial charge < -0.3 is 20.1 Å². The number of likely N-dealkylation sites (tertiary alicyclic amines) is 1. The number of urea groups is 1. The maximum atomic E-state index is 12.3. The van der Waals surface area contributed by atoms with E-state index in [-0.39, 0.29) is 24.7 Å². The highest BCUT2D eigenvalue weighted by Gasteiger charge is 2.23. The van der Waals surface area contributed by atoms with E-state index in [1.807, 2.05) is 25.1 Å². The van der Waals surface area contributed by atoms with Crippen LogP contribution in [-0.4, -0.2) is 48.4 Å². The molecular weight excluding hydrogens is 316 g/mol. The molecule has 0 spiro atoms. The Bertz CT molecular complexity index is 512. The molecule has 0 aliphatic carbocycles. The van der Waals surface area contributed by atoms with Gasteiger partial charge in [-0.2, -0.15) is 0 Å². The summed E-state index contributed by atoms with van der Waals surface area (Å²) in [5, 5.41) is 12.7. The number of halogens is 1. The number of nitrogens with one attached hydrogen (secondary N) is 1. The number of hydrogen-bond acceptors (Lipinski definition) is 3. The number of hydrogen-bond donors (Lipinski definition) is 2. The fourth-order valence-corrected chi connectivity index (χ4v) is 2.88. The Morgan fingerprint density at radius 1 is 1.52 bits per heavy atom.